The lowest BCUT2D eigenvalue weighted by Crippen LogP contribution is -2.61. The van der Waals surface area contributed by atoms with E-state index in [0.717, 1.165) is 16.7 Å². The zero-order valence-electron chi connectivity index (χ0n) is 18.3. The molecule has 0 saturated carbocycles. The van der Waals surface area contributed by atoms with Crippen molar-refractivity contribution in [2.75, 3.05) is 33.8 Å². The third kappa shape index (κ3) is 4.53. The Labute approximate surface area is 187 Å². The minimum Gasteiger partial charge on any atom is -0.361 e. The molecular formula is C25H26N4O3. The van der Waals surface area contributed by atoms with Crippen LogP contribution < -0.4 is 0 Å². The van der Waals surface area contributed by atoms with Gasteiger partial charge < -0.3 is 14.5 Å². The Morgan fingerprint density at radius 2 is 1.84 bits per heavy atom. The molecule has 164 valence electrons. The third-order valence-electron chi connectivity index (χ3n) is 5.59. The van der Waals surface area contributed by atoms with Gasteiger partial charge in [-0.2, -0.15) is 0 Å². The summed E-state index contributed by atoms with van der Waals surface area (Å²) in [5.74, 6) is -0.357. The fourth-order valence-electron chi connectivity index (χ4n) is 4.01. The maximum absolute atomic E-state index is 13.3. The highest BCUT2D eigenvalue weighted by Gasteiger charge is 2.46. The summed E-state index contributed by atoms with van der Waals surface area (Å²) in [5, 5.41) is 0. The Hall–Kier alpha value is -3.58. The van der Waals surface area contributed by atoms with Crippen LogP contribution in [-0.4, -0.2) is 71.0 Å². The largest absolute Gasteiger partial charge is 0.361 e. The van der Waals surface area contributed by atoms with Gasteiger partial charge in [0.25, 0.3) is 11.8 Å². The number of rotatable bonds is 5. The average molecular weight is 431 g/mol. The minimum atomic E-state index is -1.15. The summed E-state index contributed by atoms with van der Waals surface area (Å²) >= 11 is 0. The molecule has 1 aromatic carbocycles. The van der Waals surface area contributed by atoms with Crippen LogP contribution >= 0.6 is 0 Å². The molecule has 1 aliphatic heterocycles. The van der Waals surface area contributed by atoms with Crippen LogP contribution in [-0.2, 0) is 16.0 Å². The van der Waals surface area contributed by atoms with Gasteiger partial charge in [0.1, 0.15) is 5.69 Å². The normalized spacial score (nSPS) is 18.2. The van der Waals surface area contributed by atoms with Gasteiger partial charge in [0.2, 0.25) is 0 Å². The highest BCUT2D eigenvalue weighted by Crippen LogP contribution is 2.28. The number of amides is 2. The average Bonchev–Trinajstić information content (AvgIpc) is 2.84. The first-order chi connectivity index (χ1) is 15.5. The van der Waals surface area contributed by atoms with Gasteiger partial charge in [-0.15, -0.1) is 0 Å². The van der Waals surface area contributed by atoms with Gasteiger partial charge in [0.15, 0.2) is 5.60 Å². The number of morpholine rings is 1. The van der Waals surface area contributed by atoms with Gasteiger partial charge in [-0.05, 0) is 34.9 Å². The summed E-state index contributed by atoms with van der Waals surface area (Å²) < 4.78 is 6.11. The molecule has 2 amide bonds. The number of ether oxygens (including phenoxy) is 1. The zero-order valence-corrected chi connectivity index (χ0v) is 18.3. The molecular weight excluding hydrogens is 404 g/mol. The zero-order chi connectivity index (χ0) is 22.6. The van der Waals surface area contributed by atoms with Crippen LogP contribution in [0.2, 0.25) is 0 Å². The number of aromatic nitrogens is 2. The maximum atomic E-state index is 13.3. The number of likely N-dealkylation sites (N-methyl/N-ethyl adjacent to an activating group) is 1. The second-order valence-corrected chi connectivity index (χ2v) is 8.10. The molecule has 0 N–H and O–H groups in total. The van der Waals surface area contributed by atoms with Crippen molar-refractivity contribution in [1.82, 2.24) is 19.8 Å². The quantitative estimate of drug-likeness (QED) is 0.622. The van der Waals surface area contributed by atoms with Crippen LogP contribution in [0.5, 0.6) is 0 Å². The Balaban J connectivity index is 1.59. The molecule has 1 unspecified atom stereocenters. The van der Waals surface area contributed by atoms with E-state index in [9.17, 15) is 9.59 Å². The van der Waals surface area contributed by atoms with E-state index in [1.165, 1.54) is 4.90 Å². The standard InChI is InChI=1S/C25H26N4O3/c1-28(2)24(31)25(16-19-8-10-20(11-9-19)21-6-5-12-26-17-21)18-29(14-15-32-25)23(30)22-7-3-4-13-27-22/h3-13,17H,14-16,18H2,1-2H3. The van der Waals surface area contributed by atoms with E-state index < -0.39 is 5.60 Å². The number of hydrogen-bond donors (Lipinski definition) is 0. The molecule has 3 heterocycles. The van der Waals surface area contributed by atoms with Crippen LogP contribution in [0.4, 0.5) is 0 Å². The molecule has 3 aromatic rings. The number of hydrogen-bond acceptors (Lipinski definition) is 5. The van der Waals surface area contributed by atoms with Crippen LogP contribution in [0, 0.1) is 0 Å². The SMILES string of the molecule is CN(C)C(=O)C1(Cc2ccc(-c3cccnc3)cc2)CN(C(=O)c2ccccn2)CCO1. The molecule has 0 radical (unpaired) electrons. The van der Waals surface area contributed by atoms with E-state index in [0.29, 0.717) is 18.7 Å². The number of nitrogens with zero attached hydrogens (tertiary/aromatic N) is 4. The minimum absolute atomic E-state index is 0.160. The molecule has 0 aliphatic carbocycles. The van der Waals surface area contributed by atoms with Gasteiger partial charge >= 0.3 is 0 Å². The van der Waals surface area contributed by atoms with Gasteiger partial charge in [-0.25, -0.2) is 0 Å². The monoisotopic (exact) mass is 430 g/mol. The highest BCUT2D eigenvalue weighted by molar-refractivity contribution is 5.93. The first-order valence-electron chi connectivity index (χ1n) is 10.5. The molecule has 32 heavy (non-hydrogen) atoms. The third-order valence-corrected chi connectivity index (χ3v) is 5.59. The molecule has 0 bridgehead atoms. The summed E-state index contributed by atoms with van der Waals surface area (Å²) in [6.45, 7) is 0.869. The summed E-state index contributed by atoms with van der Waals surface area (Å²) in [4.78, 5) is 37.8. The summed E-state index contributed by atoms with van der Waals surface area (Å²) in [6, 6.07) is 17.2. The van der Waals surface area contributed by atoms with Crippen molar-refractivity contribution >= 4 is 11.8 Å². The van der Waals surface area contributed by atoms with Crippen molar-refractivity contribution in [2.24, 2.45) is 0 Å². The summed E-state index contributed by atoms with van der Waals surface area (Å²) in [6.07, 6.45) is 5.52. The van der Waals surface area contributed by atoms with Crippen molar-refractivity contribution in [3.05, 3.63) is 84.4 Å². The molecule has 7 nitrogen and oxygen atoms in total. The van der Waals surface area contributed by atoms with E-state index >= 15 is 0 Å². The van der Waals surface area contributed by atoms with E-state index in [1.54, 1.807) is 49.6 Å². The second kappa shape index (κ2) is 9.28. The Morgan fingerprint density at radius 3 is 2.50 bits per heavy atom. The van der Waals surface area contributed by atoms with Gasteiger partial charge in [-0.3, -0.25) is 19.6 Å². The van der Waals surface area contributed by atoms with E-state index in [4.69, 9.17) is 4.74 Å². The molecule has 2 aromatic heterocycles. The first kappa shape index (κ1) is 21.6. The number of carbonyl (C=O) groups is 2. The van der Waals surface area contributed by atoms with E-state index in [-0.39, 0.29) is 25.0 Å². The molecule has 7 heteroatoms. The predicted octanol–water partition coefficient (Wildman–Crippen LogP) is 2.69. The van der Waals surface area contributed by atoms with Crippen molar-refractivity contribution < 1.29 is 14.3 Å². The molecule has 4 rings (SSSR count). The number of carbonyl (C=O) groups excluding carboxylic acids is 2. The van der Waals surface area contributed by atoms with Crippen LogP contribution in [0.15, 0.2) is 73.2 Å². The first-order valence-corrected chi connectivity index (χ1v) is 10.5. The fraction of sp³-hybridized carbons (Fsp3) is 0.280. The van der Waals surface area contributed by atoms with Gasteiger partial charge in [0, 0.05) is 45.7 Å². The topological polar surface area (TPSA) is 75.6 Å². The smallest absolute Gasteiger partial charge is 0.272 e. The van der Waals surface area contributed by atoms with Crippen LogP contribution in [0.25, 0.3) is 11.1 Å². The van der Waals surface area contributed by atoms with Crippen LogP contribution in [0.3, 0.4) is 0 Å². The second-order valence-electron chi connectivity index (χ2n) is 8.10. The Kier molecular flexibility index (Phi) is 6.28. The molecule has 1 fully saturated rings. The van der Waals surface area contributed by atoms with Crippen molar-refractivity contribution in [1.29, 1.82) is 0 Å². The lowest BCUT2D eigenvalue weighted by Gasteiger charge is -2.42. The Morgan fingerprint density at radius 1 is 1.03 bits per heavy atom. The number of benzene rings is 1. The van der Waals surface area contributed by atoms with Gasteiger partial charge in [-0.1, -0.05) is 36.4 Å². The summed E-state index contributed by atoms with van der Waals surface area (Å²) in [5.41, 5.74) is 2.24. The van der Waals surface area contributed by atoms with Crippen LogP contribution in [0.1, 0.15) is 16.1 Å². The predicted molar refractivity (Wildman–Crippen MR) is 121 cm³/mol. The Bertz CT molecular complexity index is 1070. The molecule has 1 saturated heterocycles. The summed E-state index contributed by atoms with van der Waals surface area (Å²) in [7, 11) is 3.41. The van der Waals surface area contributed by atoms with Crippen molar-refractivity contribution in [3.8, 4) is 11.1 Å². The van der Waals surface area contributed by atoms with E-state index in [2.05, 4.69) is 9.97 Å². The number of pyridine rings is 2. The molecule has 1 aliphatic rings. The highest BCUT2D eigenvalue weighted by atomic mass is 16.5. The maximum Gasteiger partial charge on any atom is 0.272 e. The molecule has 1 atom stereocenters. The lowest BCUT2D eigenvalue weighted by atomic mass is 9.90. The van der Waals surface area contributed by atoms with Crippen molar-refractivity contribution in [2.45, 2.75) is 12.0 Å². The fourth-order valence-corrected chi connectivity index (χ4v) is 4.01. The van der Waals surface area contributed by atoms with Gasteiger partial charge in [0.05, 0.1) is 13.2 Å². The lowest BCUT2D eigenvalue weighted by molar-refractivity contribution is -0.165. The molecule has 0 spiro atoms. The van der Waals surface area contributed by atoms with Crippen molar-refractivity contribution in [3.63, 3.8) is 0 Å². The van der Waals surface area contributed by atoms with E-state index in [1.807, 2.05) is 42.6 Å².